The average molecular weight is 217 g/mol. The van der Waals surface area contributed by atoms with E-state index in [1.54, 1.807) is 6.07 Å². The van der Waals surface area contributed by atoms with E-state index in [9.17, 15) is 0 Å². The van der Waals surface area contributed by atoms with E-state index in [2.05, 4.69) is 9.97 Å². The molecule has 0 spiro atoms. The quantitative estimate of drug-likeness (QED) is 0.598. The molecule has 0 aliphatic heterocycles. The van der Waals surface area contributed by atoms with Crippen molar-refractivity contribution in [2.45, 2.75) is 19.8 Å². The second-order valence-electron chi connectivity index (χ2n) is 2.72. The predicted molar refractivity (Wildman–Crippen MR) is 53.6 cm³/mol. The van der Waals surface area contributed by atoms with E-state index in [0.29, 0.717) is 29.9 Å². The van der Waals surface area contributed by atoms with Crippen LogP contribution in [0.15, 0.2) is 6.07 Å². The van der Waals surface area contributed by atoms with Crippen LogP contribution in [0.4, 0.5) is 0 Å². The Morgan fingerprint density at radius 1 is 1.50 bits per heavy atom. The van der Waals surface area contributed by atoms with Crippen LogP contribution in [0.1, 0.15) is 19.2 Å². The van der Waals surface area contributed by atoms with E-state index in [0.717, 1.165) is 6.42 Å². The number of rotatable bonds is 5. The summed E-state index contributed by atoms with van der Waals surface area (Å²) in [5.41, 5.74) is 0. The lowest BCUT2D eigenvalue weighted by molar-refractivity contribution is 0.229. The molecule has 0 bridgehead atoms. The van der Waals surface area contributed by atoms with Crippen LogP contribution in [0.3, 0.4) is 0 Å². The van der Waals surface area contributed by atoms with Gasteiger partial charge in [-0.15, -0.1) is 0 Å². The molecule has 0 aliphatic carbocycles. The number of hydrogen-bond acceptors (Lipinski definition) is 4. The second kappa shape index (κ2) is 5.78. The third kappa shape index (κ3) is 3.47. The highest BCUT2D eigenvalue weighted by Crippen LogP contribution is 2.13. The first-order valence-electron chi connectivity index (χ1n) is 4.53. The Kier molecular flexibility index (Phi) is 4.62. The van der Waals surface area contributed by atoms with Gasteiger partial charge in [0.05, 0.1) is 6.61 Å². The largest absolute Gasteiger partial charge is 0.477 e. The van der Waals surface area contributed by atoms with Crippen LogP contribution < -0.4 is 4.74 Å². The molecule has 0 atom stereocenters. The zero-order chi connectivity index (χ0) is 10.4. The predicted octanol–water partition coefficient (Wildman–Crippen LogP) is 1.45. The Morgan fingerprint density at radius 2 is 2.29 bits per heavy atom. The molecule has 0 saturated carbocycles. The van der Waals surface area contributed by atoms with Crippen LogP contribution in [0.5, 0.6) is 5.88 Å². The number of nitrogens with zero attached hydrogens (tertiary/aromatic N) is 2. The van der Waals surface area contributed by atoms with Crippen LogP contribution in [-0.2, 0) is 6.42 Å². The minimum atomic E-state index is 0.111. The Morgan fingerprint density at radius 3 is 2.93 bits per heavy atom. The van der Waals surface area contributed by atoms with Crippen molar-refractivity contribution in [1.29, 1.82) is 0 Å². The van der Waals surface area contributed by atoms with Gasteiger partial charge in [-0.2, -0.15) is 4.98 Å². The van der Waals surface area contributed by atoms with E-state index in [-0.39, 0.29) is 6.61 Å². The molecule has 1 aromatic rings. The zero-order valence-electron chi connectivity index (χ0n) is 8.03. The van der Waals surface area contributed by atoms with Crippen LogP contribution in [0.2, 0.25) is 5.15 Å². The first-order valence-corrected chi connectivity index (χ1v) is 4.91. The van der Waals surface area contributed by atoms with Gasteiger partial charge in [-0.3, -0.25) is 0 Å². The molecule has 0 radical (unpaired) electrons. The molecule has 0 amide bonds. The molecule has 14 heavy (non-hydrogen) atoms. The third-order valence-electron chi connectivity index (χ3n) is 1.59. The smallest absolute Gasteiger partial charge is 0.218 e. The SMILES string of the molecule is CCc1nc(Cl)cc(OCCCO)n1. The minimum absolute atomic E-state index is 0.111. The van der Waals surface area contributed by atoms with Crippen molar-refractivity contribution >= 4 is 11.6 Å². The van der Waals surface area contributed by atoms with E-state index >= 15 is 0 Å². The molecule has 0 unspecified atom stereocenters. The number of ether oxygens (including phenoxy) is 1. The monoisotopic (exact) mass is 216 g/mol. The van der Waals surface area contributed by atoms with Crippen molar-refractivity contribution < 1.29 is 9.84 Å². The summed E-state index contributed by atoms with van der Waals surface area (Å²) in [6.45, 7) is 2.50. The topological polar surface area (TPSA) is 55.2 Å². The second-order valence-corrected chi connectivity index (χ2v) is 3.11. The van der Waals surface area contributed by atoms with E-state index in [1.807, 2.05) is 6.92 Å². The average Bonchev–Trinajstić information content (AvgIpc) is 2.17. The summed E-state index contributed by atoms with van der Waals surface area (Å²) in [5, 5.41) is 8.95. The lowest BCUT2D eigenvalue weighted by Crippen LogP contribution is -2.03. The summed E-state index contributed by atoms with van der Waals surface area (Å²) >= 11 is 5.76. The molecule has 1 heterocycles. The van der Waals surface area contributed by atoms with Gasteiger partial charge in [0.25, 0.3) is 0 Å². The molecule has 1 aromatic heterocycles. The van der Waals surface area contributed by atoms with Gasteiger partial charge in [-0.05, 0) is 0 Å². The normalized spacial score (nSPS) is 10.2. The Balaban J connectivity index is 2.62. The van der Waals surface area contributed by atoms with Gasteiger partial charge in [0.1, 0.15) is 11.0 Å². The molecular weight excluding hydrogens is 204 g/mol. The summed E-state index contributed by atoms with van der Waals surface area (Å²) in [4.78, 5) is 8.13. The van der Waals surface area contributed by atoms with Gasteiger partial charge in [0, 0.05) is 25.5 Å². The van der Waals surface area contributed by atoms with Crippen molar-refractivity contribution in [3.63, 3.8) is 0 Å². The first kappa shape index (κ1) is 11.2. The van der Waals surface area contributed by atoms with Crippen molar-refractivity contribution in [2.24, 2.45) is 0 Å². The number of halogens is 1. The van der Waals surface area contributed by atoms with Crippen LogP contribution in [0.25, 0.3) is 0 Å². The Labute approximate surface area is 87.9 Å². The maximum absolute atomic E-state index is 8.56. The summed E-state index contributed by atoms with van der Waals surface area (Å²) in [7, 11) is 0. The number of aromatic nitrogens is 2. The molecule has 0 fully saturated rings. The minimum Gasteiger partial charge on any atom is -0.477 e. The Bertz CT molecular complexity index is 294. The third-order valence-corrected chi connectivity index (χ3v) is 1.78. The van der Waals surface area contributed by atoms with Gasteiger partial charge in [-0.25, -0.2) is 4.98 Å². The molecule has 5 heteroatoms. The lowest BCUT2D eigenvalue weighted by atomic mass is 10.4. The molecule has 1 rings (SSSR count). The highest BCUT2D eigenvalue weighted by molar-refractivity contribution is 6.29. The number of aliphatic hydroxyl groups is 1. The standard InChI is InChI=1S/C9H13ClN2O2/c1-2-8-11-7(10)6-9(12-8)14-5-3-4-13/h6,13H,2-5H2,1H3. The highest BCUT2D eigenvalue weighted by atomic mass is 35.5. The van der Waals surface area contributed by atoms with E-state index < -0.39 is 0 Å². The molecule has 0 aromatic carbocycles. The van der Waals surface area contributed by atoms with Crippen LogP contribution in [0, 0.1) is 0 Å². The van der Waals surface area contributed by atoms with Crippen LogP contribution >= 0.6 is 11.6 Å². The van der Waals surface area contributed by atoms with Crippen molar-refractivity contribution in [1.82, 2.24) is 9.97 Å². The number of aryl methyl sites for hydroxylation is 1. The molecule has 0 saturated heterocycles. The molecule has 0 aliphatic rings. The summed E-state index contributed by atoms with van der Waals surface area (Å²) < 4.78 is 5.27. The summed E-state index contributed by atoms with van der Waals surface area (Å²) in [6.07, 6.45) is 1.31. The zero-order valence-corrected chi connectivity index (χ0v) is 8.79. The van der Waals surface area contributed by atoms with Gasteiger partial charge in [0.15, 0.2) is 0 Å². The fraction of sp³-hybridized carbons (Fsp3) is 0.556. The van der Waals surface area contributed by atoms with Crippen molar-refractivity contribution in [3.8, 4) is 5.88 Å². The van der Waals surface area contributed by atoms with Gasteiger partial charge >= 0.3 is 0 Å². The molecular formula is C9H13ClN2O2. The summed E-state index contributed by atoms with van der Waals surface area (Å²) in [6, 6.07) is 1.57. The molecule has 78 valence electrons. The number of hydrogen-bond donors (Lipinski definition) is 1. The van der Waals surface area contributed by atoms with Gasteiger partial charge < -0.3 is 9.84 Å². The molecule has 1 N–H and O–H groups in total. The van der Waals surface area contributed by atoms with Crippen molar-refractivity contribution in [2.75, 3.05) is 13.2 Å². The number of aliphatic hydroxyl groups excluding tert-OH is 1. The van der Waals surface area contributed by atoms with Gasteiger partial charge in [-0.1, -0.05) is 18.5 Å². The van der Waals surface area contributed by atoms with Crippen LogP contribution in [-0.4, -0.2) is 28.3 Å². The fourth-order valence-corrected chi connectivity index (χ4v) is 1.11. The Hall–Kier alpha value is -0.870. The lowest BCUT2D eigenvalue weighted by Gasteiger charge is -2.05. The molecule has 4 nitrogen and oxygen atoms in total. The summed E-state index contributed by atoms with van der Waals surface area (Å²) in [5.74, 6) is 1.13. The fourth-order valence-electron chi connectivity index (χ4n) is 0.915. The van der Waals surface area contributed by atoms with Crippen molar-refractivity contribution in [3.05, 3.63) is 17.0 Å². The maximum atomic E-state index is 8.56. The first-order chi connectivity index (χ1) is 6.76. The van der Waals surface area contributed by atoms with Gasteiger partial charge in [0.2, 0.25) is 5.88 Å². The van der Waals surface area contributed by atoms with E-state index in [4.69, 9.17) is 21.4 Å². The van der Waals surface area contributed by atoms with E-state index in [1.165, 1.54) is 0 Å². The maximum Gasteiger partial charge on any atom is 0.218 e. The highest BCUT2D eigenvalue weighted by Gasteiger charge is 2.02.